The highest BCUT2D eigenvalue weighted by atomic mass is 19.1. The van der Waals surface area contributed by atoms with Gasteiger partial charge < -0.3 is 15.1 Å². The molecule has 2 aliphatic rings. The van der Waals surface area contributed by atoms with Crippen LogP contribution in [0.5, 0.6) is 0 Å². The van der Waals surface area contributed by atoms with Crippen LogP contribution in [0.2, 0.25) is 0 Å². The summed E-state index contributed by atoms with van der Waals surface area (Å²) < 4.78 is 18.4. The summed E-state index contributed by atoms with van der Waals surface area (Å²) in [6.07, 6.45) is 8.15. The maximum absolute atomic E-state index is 13.0. The molecule has 5 nitrogen and oxygen atoms in total. The van der Waals surface area contributed by atoms with Gasteiger partial charge in [-0.05, 0) is 49.4 Å². The molecule has 0 spiro atoms. The predicted molar refractivity (Wildman–Crippen MR) is 95.9 cm³/mol. The van der Waals surface area contributed by atoms with E-state index in [2.05, 4.69) is 15.6 Å². The minimum Gasteiger partial charge on any atom is -0.444 e. The monoisotopic (exact) mass is 357 g/mol. The summed E-state index contributed by atoms with van der Waals surface area (Å²) in [4.78, 5) is 16.8. The largest absolute Gasteiger partial charge is 0.444 e. The van der Waals surface area contributed by atoms with E-state index in [0.717, 1.165) is 17.7 Å². The van der Waals surface area contributed by atoms with Crippen molar-refractivity contribution in [1.82, 2.24) is 15.6 Å². The van der Waals surface area contributed by atoms with Gasteiger partial charge in [-0.2, -0.15) is 0 Å². The van der Waals surface area contributed by atoms with Crippen LogP contribution >= 0.6 is 0 Å². The summed E-state index contributed by atoms with van der Waals surface area (Å²) in [6.45, 7) is 0.530. The molecule has 2 fully saturated rings. The molecule has 1 aliphatic heterocycles. The van der Waals surface area contributed by atoms with Gasteiger partial charge in [0.25, 0.3) is 0 Å². The van der Waals surface area contributed by atoms with Crippen LogP contribution in [0.15, 0.2) is 34.9 Å². The average molecular weight is 357 g/mol. The van der Waals surface area contributed by atoms with E-state index in [4.69, 9.17) is 4.42 Å². The van der Waals surface area contributed by atoms with Gasteiger partial charge in [0.2, 0.25) is 11.8 Å². The number of fused-ring (bicyclic) bond motifs is 1. The van der Waals surface area contributed by atoms with Gasteiger partial charge in [-0.15, -0.1) is 0 Å². The van der Waals surface area contributed by atoms with E-state index in [1.54, 1.807) is 18.4 Å². The van der Waals surface area contributed by atoms with Gasteiger partial charge in [0.1, 0.15) is 12.1 Å². The summed E-state index contributed by atoms with van der Waals surface area (Å²) in [5.41, 5.74) is 1.51. The van der Waals surface area contributed by atoms with Gasteiger partial charge in [0.05, 0.1) is 11.7 Å². The Morgan fingerprint density at radius 2 is 2.08 bits per heavy atom. The molecule has 4 rings (SSSR count). The zero-order valence-electron chi connectivity index (χ0n) is 14.7. The summed E-state index contributed by atoms with van der Waals surface area (Å²) in [5.74, 6) is 0.923. The number of amides is 1. The molecule has 1 saturated carbocycles. The third-order valence-corrected chi connectivity index (χ3v) is 5.50. The van der Waals surface area contributed by atoms with Crippen molar-refractivity contribution in [3.8, 4) is 11.5 Å². The number of aromatic nitrogens is 1. The first kappa shape index (κ1) is 17.2. The molecule has 2 aromatic rings. The lowest BCUT2D eigenvalue weighted by atomic mass is 9.85. The molecular formula is C20H24FN3O2. The quantitative estimate of drug-likeness (QED) is 0.863. The van der Waals surface area contributed by atoms with Crippen molar-refractivity contribution < 1.29 is 13.6 Å². The number of nitrogens with zero attached hydrogens (tertiary/aromatic N) is 1. The van der Waals surface area contributed by atoms with Crippen molar-refractivity contribution >= 4 is 5.91 Å². The number of halogens is 1. The first-order chi connectivity index (χ1) is 12.7. The fourth-order valence-corrected chi connectivity index (χ4v) is 4.10. The normalized spacial score (nSPS) is 25.0. The zero-order chi connectivity index (χ0) is 17.9. The molecule has 0 radical (unpaired) electrons. The van der Waals surface area contributed by atoms with Crippen LogP contribution in [0.3, 0.4) is 0 Å². The van der Waals surface area contributed by atoms with Crippen molar-refractivity contribution in [2.24, 2.45) is 5.92 Å². The lowest BCUT2D eigenvalue weighted by molar-refractivity contribution is -0.122. The second-order valence-corrected chi connectivity index (χ2v) is 7.30. The van der Waals surface area contributed by atoms with E-state index >= 15 is 0 Å². The Labute approximate surface area is 152 Å². The molecule has 1 amide bonds. The Morgan fingerprint density at radius 1 is 1.27 bits per heavy atom. The van der Waals surface area contributed by atoms with Crippen LogP contribution in [0.1, 0.15) is 37.8 Å². The number of benzene rings is 1. The highest BCUT2D eigenvalue weighted by Gasteiger charge is 2.37. The molecule has 0 bridgehead atoms. The van der Waals surface area contributed by atoms with E-state index in [1.165, 1.54) is 37.8 Å². The Kier molecular flexibility index (Phi) is 5.02. The first-order valence-electron chi connectivity index (χ1n) is 9.43. The Hall–Kier alpha value is -2.21. The van der Waals surface area contributed by atoms with E-state index < -0.39 is 0 Å². The first-order valence-corrected chi connectivity index (χ1v) is 9.43. The van der Waals surface area contributed by atoms with E-state index in [0.29, 0.717) is 30.8 Å². The Morgan fingerprint density at radius 3 is 2.88 bits per heavy atom. The second-order valence-electron chi connectivity index (χ2n) is 7.30. The summed E-state index contributed by atoms with van der Waals surface area (Å²) in [5, 5.41) is 6.50. The van der Waals surface area contributed by atoms with Crippen molar-refractivity contribution in [2.75, 3.05) is 6.54 Å². The molecule has 1 aromatic carbocycles. The number of carbonyl (C=O) groups is 1. The minimum absolute atomic E-state index is 0.0600. The standard InChI is InChI=1S/C20H24FN3O2/c21-15-7-5-13(6-8-15)20-23-16(12-26-20)9-10-22-19(25)18-11-14-3-1-2-4-17(14)24-18/h5-8,12,14,17-18,24H,1-4,9-11H2,(H,22,25). The van der Waals surface area contributed by atoms with Crippen molar-refractivity contribution in [3.63, 3.8) is 0 Å². The van der Waals surface area contributed by atoms with Crippen LogP contribution < -0.4 is 10.6 Å². The van der Waals surface area contributed by atoms with Crippen LogP contribution in [0.4, 0.5) is 4.39 Å². The van der Waals surface area contributed by atoms with Gasteiger partial charge in [0, 0.05) is 24.6 Å². The van der Waals surface area contributed by atoms with Gasteiger partial charge >= 0.3 is 0 Å². The van der Waals surface area contributed by atoms with Crippen molar-refractivity contribution in [1.29, 1.82) is 0 Å². The molecule has 1 aliphatic carbocycles. The molecule has 26 heavy (non-hydrogen) atoms. The minimum atomic E-state index is -0.288. The number of hydrogen-bond acceptors (Lipinski definition) is 4. The third-order valence-electron chi connectivity index (χ3n) is 5.50. The predicted octanol–water partition coefficient (Wildman–Crippen LogP) is 3.06. The molecule has 2 heterocycles. The van der Waals surface area contributed by atoms with Gasteiger partial charge in [-0.25, -0.2) is 9.37 Å². The average Bonchev–Trinajstić information content (AvgIpc) is 3.29. The number of oxazole rings is 1. The van der Waals surface area contributed by atoms with E-state index in [9.17, 15) is 9.18 Å². The van der Waals surface area contributed by atoms with Crippen molar-refractivity contribution in [2.45, 2.75) is 50.6 Å². The van der Waals surface area contributed by atoms with Gasteiger partial charge in [0.15, 0.2) is 0 Å². The Bertz CT molecular complexity index is 745. The second kappa shape index (κ2) is 7.58. The summed E-state index contributed by atoms with van der Waals surface area (Å²) >= 11 is 0. The maximum atomic E-state index is 13.0. The highest BCUT2D eigenvalue weighted by Crippen LogP contribution is 2.33. The maximum Gasteiger partial charge on any atom is 0.237 e. The van der Waals surface area contributed by atoms with Gasteiger partial charge in [-0.1, -0.05) is 12.8 Å². The molecule has 1 saturated heterocycles. The zero-order valence-corrected chi connectivity index (χ0v) is 14.7. The molecule has 3 atom stereocenters. The number of hydrogen-bond donors (Lipinski definition) is 2. The van der Waals surface area contributed by atoms with Crippen molar-refractivity contribution in [3.05, 3.63) is 42.0 Å². The lowest BCUT2D eigenvalue weighted by Gasteiger charge is -2.24. The van der Waals surface area contributed by atoms with Crippen LogP contribution in [0.25, 0.3) is 11.5 Å². The summed E-state index contributed by atoms with van der Waals surface area (Å²) in [6, 6.07) is 6.50. The topological polar surface area (TPSA) is 67.2 Å². The molecule has 2 N–H and O–H groups in total. The van der Waals surface area contributed by atoms with E-state index in [-0.39, 0.29) is 17.8 Å². The summed E-state index contributed by atoms with van der Waals surface area (Å²) in [7, 11) is 0. The molecule has 138 valence electrons. The molecule has 6 heteroatoms. The molecule has 3 unspecified atom stereocenters. The Balaban J connectivity index is 1.26. The van der Waals surface area contributed by atoms with Crippen LogP contribution in [0, 0.1) is 11.7 Å². The van der Waals surface area contributed by atoms with Gasteiger partial charge in [-0.3, -0.25) is 4.79 Å². The fraction of sp³-hybridized carbons (Fsp3) is 0.500. The number of nitrogens with one attached hydrogen (secondary N) is 2. The van der Waals surface area contributed by atoms with Crippen LogP contribution in [-0.4, -0.2) is 29.5 Å². The number of carbonyl (C=O) groups excluding carboxylic acids is 1. The van der Waals surface area contributed by atoms with E-state index in [1.807, 2.05) is 0 Å². The SMILES string of the molecule is O=C(NCCc1coc(-c2ccc(F)cc2)n1)C1CC2CCCCC2N1. The van der Waals surface area contributed by atoms with Crippen LogP contribution in [-0.2, 0) is 11.2 Å². The lowest BCUT2D eigenvalue weighted by Crippen LogP contribution is -2.43. The third kappa shape index (κ3) is 3.80. The molecular weight excluding hydrogens is 333 g/mol. The fourth-order valence-electron chi connectivity index (χ4n) is 4.10. The number of rotatable bonds is 5. The highest BCUT2D eigenvalue weighted by molar-refractivity contribution is 5.82. The molecule has 1 aromatic heterocycles. The smallest absolute Gasteiger partial charge is 0.237 e.